The summed E-state index contributed by atoms with van der Waals surface area (Å²) in [4.78, 5) is 25.1. The Labute approximate surface area is 112 Å². The van der Waals surface area contributed by atoms with Gasteiger partial charge in [-0.15, -0.1) is 0 Å². The molecule has 2 heterocycles. The van der Waals surface area contributed by atoms with Crippen molar-refractivity contribution in [1.82, 2.24) is 4.90 Å². The molecule has 0 radical (unpaired) electrons. The van der Waals surface area contributed by atoms with Crippen LogP contribution in [0.5, 0.6) is 0 Å². The molecule has 0 spiro atoms. The van der Waals surface area contributed by atoms with Crippen LogP contribution in [0.3, 0.4) is 0 Å². The van der Waals surface area contributed by atoms with E-state index in [1.165, 1.54) is 0 Å². The monoisotopic (exact) mass is 265 g/mol. The van der Waals surface area contributed by atoms with Crippen LogP contribution in [-0.4, -0.2) is 35.0 Å². The van der Waals surface area contributed by atoms with Crippen LogP contribution in [0.1, 0.15) is 42.1 Å². The predicted octanol–water partition coefficient (Wildman–Crippen LogP) is 2.09. The third-order valence-corrected chi connectivity index (χ3v) is 3.79. The first kappa shape index (κ1) is 13.6. The van der Waals surface area contributed by atoms with Crippen LogP contribution in [0.15, 0.2) is 10.5 Å². The fourth-order valence-corrected chi connectivity index (χ4v) is 2.39. The van der Waals surface area contributed by atoms with Crippen LogP contribution in [-0.2, 0) is 11.2 Å². The first-order valence-electron chi connectivity index (χ1n) is 6.49. The van der Waals surface area contributed by atoms with Gasteiger partial charge in [-0.25, -0.2) is 0 Å². The smallest absolute Gasteiger partial charge is 0.311 e. The van der Waals surface area contributed by atoms with Crippen molar-refractivity contribution in [3.63, 3.8) is 0 Å². The quantitative estimate of drug-likeness (QED) is 0.908. The molecule has 1 aliphatic rings. The predicted molar refractivity (Wildman–Crippen MR) is 69.1 cm³/mol. The van der Waals surface area contributed by atoms with E-state index in [9.17, 15) is 14.7 Å². The zero-order chi connectivity index (χ0) is 14.2. The SMILES string of the molecule is CCc1cc(C)c(C(=O)N2CCC(C)(C(=O)O)C2)o1. The first-order valence-corrected chi connectivity index (χ1v) is 6.49. The molecule has 1 atom stereocenters. The minimum absolute atomic E-state index is 0.206. The lowest BCUT2D eigenvalue weighted by molar-refractivity contribution is -0.147. The molecule has 1 aromatic rings. The van der Waals surface area contributed by atoms with Crippen LogP contribution in [0.2, 0.25) is 0 Å². The molecular weight excluding hydrogens is 246 g/mol. The highest BCUT2D eigenvalue weighted by Gasteiger charge is 2.43. The van der Waals surface area contributed by atoms with Gasteiger partial charge in [0.25, 0.3) is 5.91 Å². The number of carboxylic acids is 1. The number of aryl methyl sites for hydroxylation is 2. The van der Waals surface area contributed by atoms with Gasteiger partial charge in [0.05, 0.1) is 5.41 Å². The topological polar surface area (TPSA) is 70.8 Å². The lowest BCUT2D eigenvalue weighted by atomic mass is 9.90. The number of furan rings is 1. The Morgan fingerprint density at radius 1 is 1.53 bits per heavy atom. The van der Waals surface area contributed by atoms with Gasteiger partial charge in [0, 0.05) is 25.1 Å². The number of carbonyl (C=O) groups is 2. The molecule has 0 aromatic carbocycles. The van der Waals surface area contributed by atoms with Gasteiger partial charge in [-0.05, 0) is 26.3 Å². The number of likely N-dealkylation sites (tertiary alicyclic amines) is 1. The van der Waals surface area contributed by atoms with Gasteiger partial charge in [-0.3, -0.25) is 9.59 Å². The Morgan fingerprint density at radius 2 is 2.21 bits per heavy atom. The summed E-state index contributed by atoms with van der Waals surface area (Å²) in [6.07, 6.45) is 1.22. The van der Waals surface area contributed by atoms with Crippen molar-refractivity contribution in [3.05, 3.63) is 23.2 Å². The molecule has 0 saturated carbocycles. The van der Waals surface area contributed by atoms with E-state index in [4.69, 9.17) is 4.42 Å². The number of aliphatic carboxylic acids is 1. The molecule has 2 rings (SSSR count). The van der Waals surface area contributed by atoms with Crippen LogP contribution in [0.4, 0.5) is 0 Å². The molecule has 0 bridgehead atoms. The summed E-state index contributed by atoms with van der Waals surface area (Å²) in [6.45, 7) is 6.17. The molecule has 5 heteroatoms. The van der Waals surface area contributed by atoms with Crippen molar-refractivity contribution in [2.75, 3.05) is 13.1 Å². The Bertz CT molecular complexity index is 520. The Balaban J connectivity index is 2.17. The maximum atomic E-state index is 12.3. The van der Waals surface area contributed by atoms with Gasteiger partial charge in [0.2, 0.25) is 0 Å². The van der Waals surface area contributed by atoms with Gasteiger partial charge in [-0.1, -0.05) is 6.92 Å². The van der Waals surface area contributed by atoms with Crippen molar-refractivity contribution in [2.45, 2.75) is 33.6 Å². The maximum absolute atomic E-state index is 12.3. The van der Waals surface area contributed by atoms with Crippen LogP contribution >= 0.6 is 0 Å². The van der Waals surface area contributed by atoms with E-state index in [0.717, 1.165) is 17.7 Å². The summed E-state index contributed by atoms with van der Waals surface area (Å²) in [5.41, 5.74) is -0.0326. The molecular formula is C14H19NO4. The van der Waals surface area contributed by atoms with Crippen LogP contribution < -0.4 is 0 Å². The third-order valence-electron chi connectivity index (χ3n) is 3.79. The fourth-order valence-electron chi connectivity index (χ4n) is 2.39. The van der Waals surface area contributed by atoms with Crippen molar-refractivity contribution in [1.29, 1.82) is 0 Å². The molecule has 0 aliphatic carbocycles. The van der Waals surface area contributed by atoms with E-state index in [1.807, 2.05) is 19.9 Å². The molecule has 1 amide bonds. The zero-order valence-electron chi connectivity index (χ0n) is 11.5. The van der Waals surface area contributed by atoms with E-state index in [1.54, 1.807) is 11.8 Å². The first-order chi connectivity index (χ1) is 8.87. The van der Waals surface area contributed by atoms with Gasteiger partial charge in [0.15, 0.2) is 5.76 Å². The summed E-state index contributed by atoms with van der Waals surface area (Å²) >= 11 is 0. The zero-order valence-corrected chi connectivity index (χ0v) is 11.5. The van der Waals surface area contributed by atoms with Gasteiger partial charge in [0.1, 0.15) is 5.76 Å². The van der Waals surface area contributed by atoms with Crippen molar-refractivity contribution < 1.29 is 19.1 Å². The molecule has 104 valence electrons. The molecule has 1 aromatic heterocycles. The summed E-state index contributed by atoms with van der Waals surface area (Å²) in [7, 11) is 0. The fraction of sp³-hybridized carbons (Fsp3) is 0.571. The minimum Gasteiger partial charge on any atom is -0.481 e. The number of hydrogen-bond donors (Lipinski definition) is 1. The van der Waals surface area contributed by atoms with E-state index >= 15 is 0 Å². The van der Waals surface area contributed by atoms with Crippen molar-refractivity contribution >= 4 is 11.9 Å². The standard InChI is InChI=1S/C14H19NO4/c1-4-10-7-9(2)11(19-10)12(16)15-6-5-14(3,8-15)13(17)18/h7H,4-6,8H2,1-3H3,(H,17,18). The van der Waals surface area contributed by atoms with Gasteiger partial charge >= 0.3 is 5.97 Å². The summed E-state index contributed by atoms with van der Waals surface area (Å²) in [6, 6.07) is 1.86. The molecule has 1 fully saturated rings. The lowest BCUT2D eigenvalue weighted by Crippen LogP contribution is -2.34. The largest absolute Gasteiger partial charge is 0.481 e. The maximum Gasteiger partial charge on any atom is 0.311 e. The van der Waals surface area contributed by atoms with Crippen LogP contribution in [0.25, 0.3) is 0 Å². The summed E-state index contributed by atoms with van der Waals surface area (Å²) in [5.74, 6) is 0.0583. The van der Waals surface area contributed by atoms with Crippen molar-refractivity contribution in [2.24, 2.45) is 5.41 Å². The number of carbonyl (C=O) groups excluding carboxylic acids is 1. The Morgan fingerprint density at radius 3 is 2.68 bits per heavy atom. The Hall–Kier alpha value is -1.78. The normalized spacial score (nSPS) is 22.8. The summed E-state index contributed by atoms with van der Waals surface area (Å²) < 4.78 is 5.53. The highest BCUT2D eigenvalue weighted by atomic mass is 16.4. The molecule has 1 unspecified atom stereocenters. The van der Waals surface area contributed by atoms with E-state index in [0.29, 0.717) is 18.7 Å². The number of nitrogens with zero attached hydrogens (tertiary/aromatic N) is 1. The second-order valence-corrected chi connectivity index (χ2v) is 5.42. The number of carboxylic acid groups (broad SMARTS) is 1. The van der Waals surface area contributed by atoms with E-state index in [-0.39, 0.29) is 12.5 Å². The average Bonchev–Trinajstić information content (AvgIpc) is 2.93. The number of amides is 1. The average molecular weight is 265 g/mol. The highest BCUT2D eigenvalue weighted by molar-refractivity contribution is 5.93. The number of rotatable bonds is 3. The van der Waals surface area contributed by atoms with E-state index < -0.39 is 11.4 Å². The van der Waals surface area contributed by atoms with Crippen LogP contribution in [0, 0.1) is 12.3 Å². The highest BCUT2D eigenvalue weighted by Crippen LogP contribution is 2.31. The van der Waals surface area contributed by atoms with E-state index in [2.05, 4.69) is 0 Å². The molecule has 5 nitrogen and oxygen atoms in total. The molecule has 19 heavy (non-hydrogen) atoms. The second-order valence-electron chi connectivity index (χ2n) is 5.42. The second kappa shape index (κ2) is 4.72. The number of hydrogen-bond acceptors (Lipinski definition) is 3. The van der Waals surface area contributed by atoms with Crippen molar-refractivity contribution in [3.8, 4) is 0 Å². The minimum atomic E-state index is -0.854. The third kappa shape index (κ3) is 2.37. The molecule has 1 N–H and O–H groups in total. The lowest BCUT2D eigenvalue weighted by Gasteiger charge is -2.19. The van der Waals surface area contributed by atoms with Gasteiger partial charge in [-0.2, -0.15) is 0 Å². The summed E-state index contributed by atoms with van der Waals surface area (Å²) in [5, 5.41) is 9.18. The molecule has 1 aliphatic heterocycles. The Kier molecular flexibility index (Phi) is 3.39. The van der Waals surface area contributed by atoms with Gasteiger partial charge < -0.3 is 14.4 Å². The molecule has 1 saturated heterocycles.